The van der Waals surface area contributed by atoms with E-state index in [0.29, 0.717) is 32.8 Å². The lowest BCUT2D eigenvalue weighted by atomic mass is 10.2. The van der Waals surface area contributed by atoms with E-state index >= 15 is 0 Å². The van der Waals surface area contributed by atoms with E-state index in [0.717, 1.165) is 12.8 Å². The number of carbonyl (C=O) groups excluding carboxylic acids is 1. The Bertz CT molecular complexity index is 244. The predicted octanol–water partition coefficient (Wildman–Crippen LogP) is 0.435. The Morgan fingerprint density at radius 2 is 2.12 bits per heavy atom. The van der Waals surface area contributed by atoms with Crippen molar-refractivity contribution in [2.45, 2.75) is 38.1 Å². The largest absolute Gasteiger partial charge is 0.368 e. The minimum atomic E-state index is -0.524. The van der Waals surface area contributed by atoms with Crippen molar-refractivity contribution in [1.29, 1.82) is 0 Å². The Hall–Kier alpha value is -0.650. The molecule has 1 N–H and O–H groups in total. The van der Waals surface area contributed by atoms with E-state index in [9.17, 15) is 4.79 Å². The lowest BCUT2D eigenvalue weighted by Crippen LogP contribution is -2.38. The van der Waals surface area contributed by atoms with Gasteiger partial charge in [-0.25, -0.2) is 0 Å². The summed E-state index contributed by atoms with van der Waals surface area (Å²) in [4.78, 5) is 11.6. The first-order chi connectivity index (χ1) is 7.70. The highest BCUT2D eigenvalue weighted by atomic mass is 16.7. The smallest absolute Gasteiger partial charge is 0.249 e. The number of rotatable bonds is 4. The van der Waals surface area contributed by atoms with Crippen molar-refractivity contribution in [1.82, 2.24) is 5.32 Å². The summed E-state index contributed by atoms with van der Waals surface area (Å²) in [5.41, 5.74) is 0. The van der Waals surface area contributed by atoms with Gasteiger partial charge in [0.2, 0.25) is 5.91 Å². The summed E-state index contributed by atoms with van der Waals surface area (Å²) in [5, 5.41) is 2.85. The Balaban J connectivity index is 1.65. The van der Waals surface area contributed by atoms with Gasteiger partial charge in [0.1, 0.15) is 6.10 Å². The van der Waals surface area contributed by atoms with Crippen LogP contribution in [0, 0.1) is 0 Å². The van der Waals surface area contributed by atoms with Gasteiger partial charge in [-0.3, -0.25) is 4.79 Å². The summed E-state index contributed by atoms with van der Waals surface area (Å²) >= 11 is 0. The van der Waals surface area contributed by atoms with Crippen LogP contribution in [0.15, 0.2) is 0 Å². The van der Waals surface area contributed by atoms with Gasteiger partial charge >= 0.3 is 0 Å². The highest BCUT2D eigenvalue weighted by molar-refractivity contribution is 5.80. The standard InChI is InChI=1S/C11H19NO4/c1-11(15-7-8-16-11)4-5-12-10(13)9-3-2-6-14-9/h9H,2-8H2,1H3,(H,12,13). The molecule has 16 heavy (non-hydrogen) atoms. The van der Waals surface area contributed by atoms with Crippen LogP contribution in [0.4, 0.5) is 0 Å². The Morgan fingerprint density at radius 3 is 2.75 bits per heavy atom. The van der Waals surface area contributed by atoms with Gasteiger partial charge in [-0.15, -0.1) is 0 Å². The summed E-state index contributed by atoms with van der Waals surface area (Å²) in [5.74, 6) is -0.539. The average Bonchev–Trinajstić information content (AvgIpc) is 2.88. The van der Waals surface area contributed by atoms with Gasteiger partial charge in [0.25, 0.3) is 0 Å². The van der Waals surface area contributed by atoms with Gasteiger partial charge in [0.05, 0.1) is 13.2 Å². The lowest BCUT2D eigenvalue weighted by molar-refractivity contribution is -0.147. The Labute approximate surface area is 95.4 Å². The minimum absolute atomic E-state index is 0.0147. The van der Waals surface area contributed by atoms with Crippen LogP contribution in [0.3, 0.4) is 0 Å². The molecular formula is C11H19NO4. The van der Waals surface area contributed by atoms with Gasteiger partial charge in [-0.2, -0.15) is 0 Å². The number of hydrogen-bond acceptors (Lipinski definition) is 4. The predicted molar refractivity (Wildman–Crippen MR) is 56.9 cm³/mol. The molecule has 0 aromatic rings. The third-order valence-corrected chi connectivity index (χ3v) is 3.00. The number of hydrogen-bond donors (Lipinski definition) is 1. The number of nitrogens with one attached hydrogen (secondary N) is 1. The molecule has 5 nitrogen and oxygen atoms in total. The van der Waals surface area contributed by atoms with Gasteiger partial charge < -0.3 is 19.5 Å². The zero-order chi connectivity index (χ0) is 11.4. The molecule has 2 aliphatic heterocycles. The molecule has 1 unspecified atom stereocenters. The first-order valence-corrected chi connectivity index (χ1v) is 5.87. The monoisotopic (exact) mass is 229 g/mol. The topological polar surface area (TPSA) is 56.8 Å². The molecule has 0 radical (unpaired) electrons. The Kier molecular flexibility index (Phi) is 3.78. The second kappa shape index (κ2) is 5.12. The molecule has 5 heteroatoms. The van der Waals surface area contributed by atoms with E-state index in [1.54, 1.807) is 0 Å². The fourth-order valence-corrected chi connectivity index (χ4v) is 2.01. The maximum absolute atomic E-state index is 11.6. The third-order valence-electron chi connectivity index (χ3n) is 3.00. The number of ether oxygens (including phenoxy) is 3. The maximum Gasteiger partial charge on any atom is 0.249 e. The van der Waals surface area contributed by atoms with Crippen molar-refractivity contribution < 1.29 is 19.0 Å². The first kappa shape index (κ1) is 11.8. The molecule has 2 saturated heterocycles. The molecule has 0 saturated carbocycles. The van der Waals surface area contributed by atoms with Gasteiger partial charge in [0, 0.05) is 19.6 Å². The van der Waals surface area contributed by atoms with E-state index in [1.807, 2.05) is 6.92 Å². The van der Waals surface area contributed by atoms with Gasteiger partial charge in [-0.05, 0) is 19.8 Å². The third kappa shape index (κ3) is 2.93. The summed E-state index contributed by atoms with van der Waals surface area (Å²) in [6, 6.07) is 0. The molecular weight excluding hydrogens is 210 g/mol. The lowest BCUT2D eigenvalue weighted by Gasteiger charge is -2.22. The van der Waals surface area contributed by atoms with E-state index < -0.39 is 5.79 Å². The second-order valence-electron chi connectivity index (χ2n) is 4.37. The fraction of sp³-hybridized carbons (Fsp3) is 0.909. The molecule has 2 fully saturated rings. The molecule has 0 bridgehead atoms. The first-order valence-electron chi connectivity index (χ1n) is 5.87. The molecule has 0 aliphatic carbocycles. The average molecular weight is 229 g/mol. The van der Waals surface area contributed by atoms with E-state index in [2.05, 4.69) is 5.32 Å². The van der Waals surface area contributed by atoms with Crippen molar-refractivity contribution in [3.63, 3.8) is 0 Å². The van der Waals surface area contributed by atoms with Crippen molar-refractivity contribution in [3.8, 4) is 0 Å². The number of carbonyl (C=O) groups is 1. The van der Waals surface area contributed by atoms with Gasteiger partial charge in [0.15, 0.2) is 5.79 Å². The van der Waals surface area contributed by atoms with Crippen LogP contribution >= 0.6 is 0 Å². The van der Waals surface area contributed by atoms with Crippen LogP contribution in [-0.4, -0.2) is 44.2 Å². The summed E-state index contributed by atoms with van der Waals surface area (Å²) < 4.78 is 16.2. The van der Waals surface area contributed by atoms with Crippen molar-refractivity contribution >= 4 is 5.91 Å². The molecule has 2 rings (SSSR count). The van der Waals surface area contributed by atoms with Crippen LogP contribution in [-0.2, 0) is 19.0 Å². The molecule has 0 aromatic heterocycles. The van der Waals surface area contributed by atoms with Crippen molar-refractivity contribution in [2.75, 3.05) is 26.4 Å². The van der Waals surface area contributed by atoms with Crippen molar-refractivity contribution in [2.24, 2.45) is 0 Å². The maximum atomic E-state index is 11.6. The summed E-state index contributed by atoms with van der Waals surface area (Å²) in [7, 11) is 0. The minimum Gasteiger partial charge on any atom is -0.368 e. The zero-order valence-corrected chi connectivity index (χ0v) is 9.66. The number of amides is 1. The van der Waals surface area contributed by atoms with E-state index in [-0.39, 0.29) is 12.0 Å². The molecule has 0 spiro atoms. The Morgan fingerprint density at radius 1 is 1.38 bits per heavy atom. The van der Waals surface area contributed by atoms with Crippen molar-refractivity contribution in [3.05, 3.63) is 0 Å². The zero-order valence-electron chi connectivity index (χ0n) is 9.66. The molecule has 2 heterocycles. The van der Waals surface area contributed by atoms with E-state index in [4.69, 9.17) is 14.2 Å². The molecule has 1 amide bonds. The summed E-state index contributed by atoms with van der Waals surface area (Å²) in [6.45, 7) is 4.43. The van der Waals surface area contributed by atoms with Crippen LogP contribution in [0.5, 0.6) is 0 Å². The molecule has 1 atom stereocenters. The van der Waals surface area contributed by atoms with Crippen LogP contribution in [0.2, 0.25) is 0 Å². The highest BCUT2D eigenvalue weighted by Gasteiger charge is 2.31. The quantitative estimate of drug-likeness (QED) is 0.759. The molecule has 0 aromatic carbocycles. The summed E-state index contributed by atoms with van der Waals surface area (Å²) in [6.07, 6.45) is 2.22. The highest BCUT2D eigenvalue weighted by Crippen LogP contribution is 2.21. The molecule has 2 aliphatic rings. The van der Waals surface area contributed by atoms with E-state index in [1.165, 1.54) is 0 Å². The van der Waals surface area contributed by atoms with Crippen LogP contribution < -0.4 is 5.32 Å². The second-order valence-corrected chi connectivity index (χ2v) is 4.37. The van der Waals surface area contributed by atoms with Crippen LogP contribution in [0.1, 0.15) is 26.2 Å². The SMILES string of the molecule is CC1(CCNC(=O)C2CCCO2)OCCO1. The van der Waals surface area contributed by atoms with Gasteiger partial charge in [-0.1, -0.05) is 0 Å². The normalized spacial score (nSPS) is 28.2. The van der Waals surface area contributed by atoms with Crippen LogP contribution in [0.25, 0.3) is 0 Å². The molecule has 92 valence electrons. The fourth-order valence-electron chi connectivity index (χ4n) is 2.01.